The van der Waals surface area contributed by atoms with E-state index in [-0.39, 0.29) is 5.56 Å². The summed E-state index contributed by atoms with van der Waals surface area (Å²) in [6, 6.07) is 3.07. The fourth-order valence-electron chi connectivity index (χ4n) is 1.45. The molecule has 0 radical (unpaired) electrons. The number of hydrogen-bond acceptors (Lipinski definition) is 3. The molecular weight excluding hydrogens is 204 g/mol. The lowest BCUT2D eigenvalue weighted by atomic mass is 10.2. The van der Waals surface area contributed by atoms with Crippen molar-refractivity contribution in [3.8, 4) is 0 Å². The van der Waals surface area contributed by atoms with Gasteiger partial charge in [0.1, 0.15) is 5.82 Å². The number of anilines is 1. The first kappa shape index (κ1) is 12.2. The summed E-state index contributed by atoms with van der Waals surface area (Å²) in [5.74, 6) is -0.250. The molecule has 0 spiro atoms. The molecule has 1 aromatic rings. The smallest absolute Gasteiger partial charge is 0.335 e. The van der Waals surface area contributed by atoms with E-state index in [9.17, 15) is 4.79 Å². The van der Waals surface area contributed by atoms with Crippen LogP contribution in [0.15, 0.2) is 31.0 Å². The Kier molecular flexibility index (Phi) is 4.51. The van der Waals surface area contributed by atoms with Gasteiger partial charge in [0.05, 0.1) is 5.56 Å². The van der Waals surface area contributed by atoms with Crippen LogP contribution >= 0.6 is 0 Å². The Morgan fingerprint density at radius 1 is 1.69 bits per heavy atom. The lowest BCUT2D eigenvalue weighted by Gasteiger charge is -2.21. The molecule has 0 aliphatic heterocycles. The van der Waals surface area contributed by atoms with E-state index in [0.29, 0.717) is 12.4 Å². The number of carboxylic acids is 1. The summed E-state index contributed by atoms with van der Waals surface area (Å²) in [6.45, 7) is 7.25. The highest BCUT2D eigenvalue weighted by Gasteiger charge is 2.08. The van der Waals surface area contributed by atoms with Crippen molar-refractivity contribution in [3.05, 3.63) is 36.5 Å². The van der Waals surface area contributed by atoms with E-state index in [1.165, 1.54) is 12.3 Å². The molecule has 0 atom stereocenters. The number of hydrogen-bond donors (Lipinski definition) is 1. The first-order valence-electron chi connectivity index (χ1n) is 5.24. The van der Waals surface area contributed by atoms with Gasteiger partial charge < -0.3 is 10.0 Å². The van der Waals surface area contributed by atoms with Gasteiger partial charge in [0.25, 0.3) is 0 Å². The molecule has 4 nitrogen and oxygen atoms in total. The van der Waals surface area contributed by atoms with Crippen molar-refractivity contribution in [2.75, 3.05) is 18.0 Å². The van der Waals surface area contributed by atoms with Gasteiger partial charge in [-0.15, -0.1) is 6.58 Å². The second-order valence-electron chi connectivity index (χ2n) is 3.44. The van der Waals surface area contributed by atoms with E-state index in [1.54, 1.807) is 12.1 Å². The number of aromatic carboxylic acids is 1. The summed E-state index contributed by atoms with van der Waals surface area (Å²) in [5.41, 5.74) is 0.259. The summed E-state index contributed by atoms with van der Waals surface area (Å²) in [5, 5.41) is 8.88. The first-order chi connectivity index (χ1) is 7.69. The van der Waals surface area contributed by atoms with Gasteiger partial charge in [-0.25, -0.2) is 9.78 Å². The molecule has 86 valence electrons. The van der Waals surface area contributed by atoms with Crippen molar-refractivity contribution in [2.24, 2.45) is 0 Å². The van der Waals surface area contributed by atoms with Crippen molar-refractivity contribution < 1.29 is 9.90 Å². The quantitative estimate of drug-likeness (QED) is 0.746. The van der Waals surface area contributed by atoms with Crippen LogP contribution in [0.4, 0.5) is 5.82 Å². The molecule has 0 aliphatic carbocycles. The highest BCUT2D eigenvalue weighted by atomic mass is 16.4. The van der Waals surface area contributed by atoms with Crippen LogP contribution in [0.2, 0.25) is 0 Å². The van der Waals surface area contributed by atoms with Crippen LogP contribution in [0.1, 0.15) is 23.7 Å². The van der Waals surface area contributed by atoms with E-state index in [4.69, 9.17) is 5.11 Å². The highest BCUT2D eigenvalue weighted by Crippen LogP contribution is 2.13. The van der Waals surface area contributed by atoms with Crippen LogP contribution in [0.3, 0.4) is 0 Å². The maximum atomic E-state index is 10.8. The Morgan fingerprint density at radius 3 is 3.00 bits per heavy atom. The highest BCUT2D eigenvalue weighted by molar-refractivity contribution is 5.88. The number of carboxylic acid groups (broad SMARTS) is 1. The molecule has 0 fully saturated rings. The van der Waals surface area contributed by atoms with Gasteiger partial charge in [0.2, 0.25) is 0 Å². The topological polar surface area (TPSA) is 53.4 Å². The maximum absolute atomic E-state index is 10.8. The van der Waals surface area contributed by atoms with E-state index in [1.807, 2.05) is 4.90 Å². The van der Waals surface area contributed by atoms with Crippen LogP contribution in [-0.2, 0) is 0 Å². The predicted molar refractivity (Wildman–Crippen MR) is 63.9 cm³/mol. The standard InChI is InChI=1S/C12H16N2O2/c1-3-7-14(8-4-2)11-9-10(12(15)16)5-6-13-11/h3,5-6,9H,1,4,7-8H2,2H3,(H,15,16). The van der Waals surface area contributed by atoms with Gasteiger partial charge in [-0.3, -0.25) is 0 Å². The molecule has 1 rings (SSSR count). The average Bonchev–Trinajstić information content (AvgIpc) is 2.29. The molecule has 0 amide bonds. The van der Waals surface area contributed by atoms with Crippen LogP contribution in [-0.4, -0.2) is 29.1 Å². The molecule has 0 saturated carbocycles. The molecule has 0 aliphatic rings. The van der Waals surface area contributed by atoms with Crippen LogP contribution in [0.5, 0.6) is 0 Å². The fraction of sp³-hybridized carbons (Fsp3) is 0.333. The maximum Gasteiger partial charge on any atom is 0.335 e. The van der Waals surface area contributed by atoms with Crippen molar-refractivity contribution in [1.29, 1.82) is 0 Å². The van der Waals surface area contributed by atoms with E-state index >= 15 is 0 Å². The normalized spacial score (nSPS) is 9.81. The Balaban J connectivity index is 2.94. The van der Waals surface area contributed by atoms with E-state index in [2.05, 4.69) is 18.5 Å². The third-order valence-corrected chi connectivity index (χ3v) is 2.16. The average molecular weight is 220 g/mol. The summed E-state index contributed by atoms with van der Waals surface area (Å²) in [6.07, 6.45) is 4.28. The van der Waals surface area contributed by atoms with Gasteiger partial charge in [0, 0.05) is 19.3 Å². The molecule has 1 N–H and O–H groups in total. The van der Waals surface area contributed by atoms with Crippen molar-refractivity contribution in [2.45, 2.75) is 13.3 Å². The second kappa shape index (κ2) is 5.90. The number of carbonyl (C=O) groups is 1. The van der Waals surface area contributed by atoms with Crippen molar-refractivity contribution >= 4 is 11.8 Å². The summed E-state index contributed by atoms with van der Waals surface area (Å²) in [7, 11) is 0. The summed E-state index contributed by atoms with van der Waals surface area (Å²) >= 11 is 0. The van der Waals surface area contributed by atoms with Crippen molar-refractivity contribution in [1.82, 2.24) is 4.98 Å². The van der Waals surface area contributed by atoms with Gasteiger partial charge in [-0.05, 0) is 18.6 Å². The number of nitrogens with zero attached hydrogens (tertiary/aromatic N) is 2. The van der Waals surface area contributed by atoms with Crippen LogP contribution < -0.4 is 4.90 Å². The molecule has 16 heavy (non-hydrogen) atoms. The second-order valence-corrected chi connectivity index (χ2v) is 3.44. The van der Waals surface area contributed by atoms with Gasteiger partial charge in [-0.1, -0.05) is 13.0 Å². The fourth-order valence-corrected chi connectivity index (χ4v) is 1.45. The SMILES string of the molecule is C=CCN(CCC)c1cc(C(=O)O)ccn1. The largest absolute Gasteiger partial charge is 0.478 e. The van der Waals surface area contributed by atoms with Crippen molar-refractivity contribution in [3.63, 3.8) is 0 Å². The Bertz CT molecular complexity index is 377. The molecule has 0 saturated heterocycles. The minimum atomic E-state index is -0.932. The molecule has 0 bridgehead atoms. The number of pyridine rings is 1. The molecule has 0 aromatic carbocycles. The zero-order chi connectivity index (χ0) is 12.0. The van der Waals surface area contributed by atoms with E-state index in [0.717, 1.165) is 13.0 Å². The molecule has 1 aromatic heterocycles. The first-order valence-corrected chi connectivity index (χ1v) is 5.24. The van der Waals surface area contributed by atoms with Crippen LogP contribution in [0.25, 0.3) is 0 Å². The molecule has 4 heteroatoms. The number of aromatic nitrogens is 1. The van der Waals surface area contributed by atoms with Crippen LogP contribution in [0, 0.1) is 0 Å². The molecular formula is C12H16N2O2. The Hall–Kier alpha value is -1.84. The Morgan fingerprint density at radius 2 is 2.44 bits per heavy atom. The van der Waals surface area contributed by atoms with Gasteiger partial charge in [0.15, 0.2) is 0 Å². The zero-order valence-electron chi connectivity index (χ0n) is 9.39. The van der Waals surface area contributed by atoms with Gasteiger partial charge >= 0.3 is 5.97 Å². The minimum Gasteiger partial charge on any atom is -0.478 e. The zero-order valence-corrected chi connectivity index (χ0v) is 9.39. The monoisotopic (exact) mass is 220 g/mol. The number of rotatable bonds is 6. The molecule has 1 heterocycles. The third kappa shape index (κ3) is 3.08. The van der Waals surface area contributed by atoms with Gasteiger partial charge in [-0.2, -0.15) is 0 Å². The molecule has 0 unspecified atom stereocenters. The third-order valence-electron chi connectivity index (χ3n) is 2.16. The summed E-state index contributed by atoms with van der Waals surface area (Å²) < 4.78 is 0. The van der Waals surface area contributed by atoms with E-state index < -0.39 is 5.97 Å². The summed E-state index contributed by atoms with van der Waals surface area (Å²) in [4.78, 5) is 17.0. The lowest BCUT2D eigenvalue weighted by molar-refractivity contribution is 0.0697. The lowest BCUT2D eigenvalue weighted by Crippen LogP contribution is -2.25. The minimum absolute atomic E-state index is 0.259. The Labute approximate surface area is 95.2 Å². The predicted octanol–water partition coefficient (Wildman–Crippen LogP) is 2.18.